The van der Waals surface area contributed by atoms with Crippen LogP contribution in [0.5, 0.6) is 0 Å². The van der Waals surface area contributed by atoms with E-state index in [2.05, 4.69) is 10.4 Å². The summed E-state index contributed by atoms with van der Waals surface area (Å²) < 4.78 is 5.31. The zero-order chi connectivity index (χ0) is 11.1. The summed E-state index contributed by atoms with van der Waals surface area (Å²) in [6, 6.07) is 0. The minimum Gasteiger partial charge on any atom is -0.379 e. The van der Waals surface area contributed by atoms with Crippen LogP contribution in [0.4, 0.5) is 0 Å². The van der Waals surface area contributed by atoms with Crippen molar-refractivity contribution in [3.63, 3.8) is 0 Å². The number of morpholine rings is 1. The summed E-state index contributed by atoms with van der Waals surface area (Å²) in [4.78, 5) is 8.08. The number of hydrogen-bond acceptors (Lipinski definition) is 4. The van der Waals surface area contributed by atoms with Gasteiger partial charge in [0, 0.05) is 26.2 Å². The van der Waals surface area contributed by atoms with E-state index in [4.69, 9.17) is 9.57 Å². The third kappa shape index (κ3) is 4.37. The van der Waals surface area contributed by atoms with Crippen molar-refractivity contribution in [2.45, 2.75) is 38.2 Å². The van der Waals surface area contributed by atoms with Gasteiger partial charge in [0.15, 0.2) is 0 Å². The summed E-state index contributed by atoms with van der Waals surface area (Å²) in [7, 11) is 0. The maximum atomic E-state index is 5.67. The molecule has 1 aliphatic heterocycles. The Balaban J connectivity index is 1.47. The maximum Gasteiger partial charge on any atom is 0.0790 e. The second kappa shape index (κ2) is 7.22. The molecule has 4 heteroatoms. The molecule has 1 aliphatic carbocycles. The van der Waals surface area contributed by atoms with Crippen LogP contribution < -0.4 is 5.48 Å². The van der Waals surface area contributed by atoms with Gasteiger partial charge in [-0.3, -0.25) is 9.74 Å². The first-order valence-corrected chi connectivity index (χ1v) is 6.64. The predicted molar refractivity (Wildman–Crippen MR) is 63.2 cm³/mol. The second-order valence-electron chi connectivity index (χ2n) is 4.73. The number of ether oxygens (including phenoxy) is 1. The Labute approximate surface area is 98.2 Å². The lowest BCUT2D eigenvalue weighted by Crippen LogP contribution is -2.41. The maximum absolute atomic E-state index is 5.67. The number of rotatable bonds is 5. The van der Waals surface area contributed by atoms with E-state index in [0.29, 0.717) is 6.10 Å². The third-order valence-corrected chi connectivity index (χ3v) is 3.44. The average Bonchev–Trinajstić information content (AvgIpc) is 2.37. The van der Waals surface area contributed by atoms with E-state index in [9.17, 15) is 0 Å². The standard InChI is InChI=1S/C12H24N2O2/c1-2-4-12(5-3-1)16-13-6-7-14-8-10-15-11-9-14/h12-13H,1-11H2. The summed E-state index contributed by atoms with van der Waals surface area (Å²) in [5.41, 5.74) is 3.12. The largest absolute Gasteiger partial charge is 0.379 e. The minimum absolute atomic E-state index is 0.457. The van der Waals surface area contributed by atoms with Crippen molar-refractivity contribution in [2.24, 2.45) is 0 Å². The van der Waals surface area contributed by atoms with Crippen molar-refractivity contribution >= 4 is 0 Å². The fraction of sp³-hybridized carbons (Fsp3) is 1.00. The molecule has 1 saturated heterocycles. The molecule has 0 amide bonds. The van der Waals surface area contributed by atoms with Crippen LogP contribution in [0.1, 0.15) is 32.1 Å². The summed E-state index contributed by atoms with van der Waals surface area (Å²) in [5, 5.41) is 0. The molecule has 2 fully saturated rings. The zero-order valence-corrected chi connectivity index (χ0v) is 10.1. The topological polar surface area (TPSA) is 33.7 Å². The van der Waals surface area contributed by atoms with Crippen LogP contribution in [-0.2, 0) is 9.57 Å². The average molecular weight is 228 g/mol. The molecule has 0 spiro atoms. The van der Waals surface area contributed by atoms with Gasteiger partial charge in [0.1, 0.15) is 0 Å². The molecule has 0 aromatic heterocycles. The highest BCUT2D eigenvalue weighted by Crippen LogP contribution is 2.19. The van der Waals surface area contributed by atoms with Gasteiger partial charge >= 0.3 is 0 Å². The van der Waals surface area contributed by atoms with Crippen molar-refractivity contribution in [3.05, 3.63) is 0 Å². The van der Waals surface area contributed by atoms with Gasteiger partial charge in [0.05, 0.1) is 19.3 Å². The summed E-state index contributed by atoms with van der Waals surface area (Å²) in [5.74, 6) is 0. The molecule has 0 radical (unpaired) electrons. The van der Waals surface area contributed by atoms with Crippen LogP contribution in [0.2, 0.25) is 0 Å². The van der Waals surface area contributed by atoms with Crippen molar-refractivity contribution < 1.29 is 9.57 Å². The Kier molecular flexibility index (Phi) is 5.55. The molecule has 0 aromatic carbocycles. The molecule has 4 nitrogen and oxygen atoms in total. The molecule has 0 atom stereocenters. The van der Waals surface area contributed by atoms with Crippen molar-refractivity contribution in [1.82, 2.24) is 10.4 Å². The highest BCUT2D eigenvalue weighted by molar-refractivity contribution is 4.65. The third-order valence-electron chi connectivity index (χ3n) is 3.44. The molecular weight excluding hydrogens is 204 g/mol. The summed E-state index contributed by atoms with van der Waals surface area (Å²) >= 11 is 0. The van der Waals surface area contributed by atoms with Gasteiger partial charge in [-0.1, -0.05) is 19.3 Å². The predicted octanol–water partition coefficient (Wildman–Crippen LogP) is 1.17. The van der Waals surface area contributed by atoms with Crippen LogP contribution in [0, 0.1) is 0 Å². The fourth-order valence-corrected chi connectivity index (χ4v) is 2.39. The first-order valence-electron chi connectivity index (χ1n) is 6.64. The van der Waals surface area contributed by atoms with Gasteiger partial charge in [-0.05, 0) is 12.8 Å². The Bertz CT molecular complexity index is 158. The normalized spacial score (nSPS) is 24.8. The zero-order valence-electron chi connectivity index (χ0n) is 10.1. The van der Waals surface area contributed by atoms with Gasteiger partial charge in [-0.2, -0.15) is 0 Å². The van der Waals surface area contributed by atoms with E-state index >= 15 is 0 Å². The van der Waals surface area contributed by atoms with Crippen LogP contribution in [-0.4, -0.2) is 50.4 Å². The number of nitrogens with one attached hydrogen (secondary N) is 1. The molecule has 94 valence electrons. The summed E-state index contributed by atoms with van der Waals surface area (Å²) in [6.07, 6.45) is 6.95. The van der Waals surface area contributed by atoms with E-state index in [1.165, 1.54) is 32.1 Å². The van der Waals surface area contributed by atoms with Crippen molar-refractivity contribution in [2.75, 3.05) is 39.4 Å². The highest BCUT2D eigenvalue weighted by Gasteiger charge is 2.14. The minimum atomic E-state index is 0.457. The van der Waals surface area contributed by atoms with Crippen molar-refractivity contribution in [3.8, 4) is 0 Å². The number of hydroxylamine groups is 1. The van der Waals surface area contributed by atoms with Crippen molar-refractivity contribution in [1.29, 1.82) is 0 Å². The molecule has 0 unspecified atom stereocenters. The Morgan fingerprint density at radius 2 is 1.88 bits per heavy atom. The van der Waals surface area contributed by atoms with E-state index in [1.54, 1.807) is 0 Å². The van der Waals surface area contributed by atoms with E-state index in [1.807, 2.05) is 0 Å². The second-order valence-corrected chi connectivity index (χ2v) is 4.73. The molecule has 0 bridgehead atoms. The molecular formula is C12H24N2O2. The molecule has 16 heavy (non-hydrogen) atoms. The van der Waals surface area contributed by atoms with Gasteiger partial charge < -0.3 is 4.74 Å². The van der Waals surface area contributed by atoms with Gasteiger partial charge in [0.25, 0.3) is 0 Å². The van der Waals surface area contributed by atoms with Gasteiger partial charge in [0.2, 0.25) is 0 Å². The van der Waals surface area contributed by atoms with Gasteiger partial charge in [-0.15, -0.1) is 0 Å². The van der Waals surface area contributed by atoms with E-state index in [-0.39, 0.29) is 0 Å². The molecule has 0 aromatic rings. The first kappa shape index (κ1) is 12.3. The lowest BCUT2D eigenvalue weighted by molar-refractivity contribution is -0.0474. The molecule has 1 saturated carbocycles. The monoisotopic (exact) mass is 228 g/mol. The molecule has 1 N–H and O–H groups in total. The lowest BCUT2D eigenvalue weighted by Gasteiger charge is -2.27. The van der Waals surface area contributed by atoms with Gasteiger partial charge in [-0.25, -0.2) is 5.48 Å². The smallest absolute Gasteiger partial charge is 0.0790 e. The lowest BCUT2D eigenvalue weighted by atomic mass is 9.98. The molecule has 2 rings (SSSR count). The molecule has 1 heterocycles. The van der Waals surface area contributed by atoms with Crippen LogP contribution in [0.15, 0.2) is 0 Å². The Morgan fingerprint density at radius 3 is 2.62 bits per heavy atom. The quantitative estimate of drug-likeness (QED) is 0.566. The van der Waals surface area contributed by atoms with E-state index in [0.717, 1.165) is 39.4 Å². The molecule has 2 aliphatic rings. The summed E-state index contributed by atoms with van der Waals surface area (Å²) in [6.45, 7) is 5.87. The Hall–Kier alpha value is -0.160. The van der Waals surface area contributed by atoms with Crippen LogP contribution >= 0.6 is 0 Å². The SMILES string of the molecule is C1CCC(ONCCN2CCOCC2)CC1. The van der Waals surface area contributed by atoms with Crippen LogP contribution in [0.3, 0.4) is 0 Å². The number of hydrogen-bond donors (Lipinski definition) is 1. The van der Waals surface area contributed by atoms with E-state index < -0.39 is 0 Å². The Morgan fingerprint density at radius 1 is 1.12 bits per heavy atom. The van der Waals surface area contributed by atoms with Crippen LogP contribution in [0.25, 0.3) is 0 Å². The number of nitrogens with zero attached hydrogens (tertiary/aromatic N) is 1. The fourth-order valence-electron chi connectivity index (χ4n) is 2.39. The highest BCUT2D eigenvalue weighted by atomic mass is 16.7. The first-order chi connectivity index (χ1) is 7.95.